The second-order valence-electron chi connectivity index (χ2n) is 3.75. The van der Waals surface area contributed by atoms with Crippen molar-refractivity contribution in [1.29, 1.82) is 0 Å². The van der Waals surface area contributed by atoms with Gasteiger partial charge in [-0.05, 0) is 29.3 Å². The Bertz CT molecular complexity index is 510. The lowest BCUT2D eigenvalue weighted by atomic mass is 9.92. The van der Waals surface area contributed by atoms with E-state index in [1.807, 2.05) is 18.2 Å². The van der Waals surface area contributed by atoms with Crippen molar-refractivity contribution < 1.29 is 4.92 Å². The lowest BCUT2D eigenvalue weighted by molar-refractivity contribution is -0.523. The van der Waals surface area contributed by atoms with Crippen molar-refractivity contribution in [3.8, 4) is 0 Å². The molecule has 0 spiro atoms. The number of nitro groups is 1. The van der Waals surface area contributed by atoms with Crippen LogP contribution in [0.25, 0.3) is 5.57 Å². The van der Waals surface area contributed by atoms with Gasteiger partial charge in [-0.15, -0.1) is 0 Å². The molecule has 0 bridgehead atoms. The van der Waals surface area contributed by atoms with Crippen LogP contribution in [0.3, 0.4) is 0 Å². The fourth-order valence-electron chi connectivity index (χ4n) is 1.78. The molecule has 1 aliphatic carbocycles. The zero-order chi connectivity index (χ0) is 12.5. The maximum absolute atomic E-state index is 11.2. The Balaban J connectivity index is 2.53. The van der Waals surface area contributed by atoms with E-state index >= 15 is 0 Å². The average Bonchev–Trinajstić information content (AvgIpc) is 2.30. The molecule has 1 unspecified atom stereocenters. The Hall–Kier alpha value is -1.32. The van der Waals surface area contributed by atoms with Gasteiger partial charge >= 0.3 is 5.00 Å². The molecule has 3 nitrogen and oxygen atoms in total. The molecule has 1 aromatic rings. The number of hydrogen-bond donors (Lipinski definition) is 0. The van der Waals surface area contributed by atoms with Gasteiger partial charge in [-0.2, -0.15) is 0 Å². The van der Waals surface area contributed by atoms with Crippen LogP contribution in [0.2, 0.25) is 0 Å². The molecular formula is C12H9Cl2NO2. The number of benzene rings is 1. The average molecular weight is 270 g/mol. The smallest absolute Gasteiger partial charge is 0.262 e. The number of rotatable bonds is 2. The number of halogens is 2. The van der Waals surface area contributed by atoms with Crippen molar-refractivity contribution in [2.24, 2.45) is 0 Å². The predicted octanol–water partition coefficient (Wildman–Crippen LogP) is 3.81. The van der Waals surface area contributed by atoms with Crippen LogP contribution in [0.1, 0.15) is 12.0 Å². The molecule has 88 valence electrons. The van der Waals surface area contributed by atoms with Gasteiger partial charge in [-0.1, -0.05) is 41.9 Å². The van der Waals surface area contributed by atoms with Crippen molar-refractivity contribution in [3.63, 3.8) is 0 Å². The maximum atomic E-state index is 11.2. The minimum Gasteiger partial charge on any atom is -0.262 e. The lowest BCUT2D eigenvalue weighted by Crippen LogP contribution is -2.34. The highest BCUT2D eigenvalue weighted by Gasteiger charge is 2.47. The number of hydrogen-bond acceptors (Lipinski definition) is 2. The van der Waals surface area contributed by atoms with Crippen LogP contribution in [-0.2, 0) is 0 Å². The molecule has 17 heavy (non-hydrogen) atoms. The molecule has 2 rings (SSSR count). The minimum atomic E-state index is -1.67. The van der Waals surface area contributed by atoms with Gasteiger partial charge in [-0.3, -0.25) is 10.1 Å². The van der Waals surface area contributed by atoms with Gasteiger partial charge in [-0.25, -0.2) is 0 Å². The van der Waals surface area contributed by atoms with Gasteiger partial charge in [0.1, 0.15) is 0 Å². The molecule has 0 radical (unpaired) electrons. The van der Waals surface area contributed by atoms with E-state index in [4.69, 9.17) is 23.2 Å². The first-order chi connectivity index (χ1) is 8.04. The largest absolute Gasteiger partial charge is 0.325 e. The number of alkyl halides is 1. The summed E-state index contributed by atoms with van der Waals surface area (Å²) in [5.41, 5.74) is 1.20. The molecule has 5 heteroatoms. The fourth-order valence-corrected chi connectivity index (χ4v) is 2.42. The highest BCUT2D eigenvalue weighted by molar-refractivity contribution is 6.34. The molecule has 0 amide bonds. The molecule has 1 aliphatic rings. The molecule has 0 heterocycles. The molecule has 0 N–H and O–H groups in total. The molecule has 1 aromatic carbocycles. The summed E-state index contributed by atoms with van der Waals surface area (Å²) >= 11 is 11.9. The fraction of sp³-hybridized carbons (Fsp3) is 0.167. The lowest BCUT2D eigenvalue weighted by Gasteiger charge is -2.24. The standard InChI is InChI=1S/C12H9Cl2NO2/c13-10-6-7-11(9-4-2-1-3-5-9)12(14,8-10)15(16)17/h1-7H,8H2. The van der Waals surface area contributed by atoms with Gasteiger partial charge in [0, 0.05) is 9.96 Å². The summed E-state index contributed by atoms with van der Waals surface area (Å²) < 4.78 is 0. The van der Waals surface area contributed by atoms with Crippen LogP contribution in [0, 0.1) is 10.1 Å². The van der Waals surface area contributed by atoms with Crippen LogP contribution in [-0.4, -0.2) is 9.92 Å². The van der Waals surface area contributed by atoms with Gasteiger partial charge in [0.25, 0.3) is 0 Å². The summed E-state index contributed by atoms with van der Waals surface area (Å²) in [5, 5.41) is 11.5. The van der Waals surface area contributed by atoms with E-state index in [2.05, 4.69) is 0 Å². The van der Waals surface area contributed by atoms with Gasteiger partial charge in [0.2, 0.25) is 0 Å². The zero-order valence-corrected chi connectivity index (χ0v) is 10.3. The monoisotopic (exact) mass is 269 g/mol. The first kappa shape index (κ1) is 12.1. The second-order valence-corrected chi connectivity index (χ2v) is 4.86. The first-order valence-corrected chi connectivity index (χ1v) is 5.75. The third-order valence-corrected chi connectivity index (χ3v) is 3.36. The highest BCUT2D eigenvalue weighted by Crippen LogP contribution is 2.42. The van der Waals surface area contributed by atoms with Crippen molar-refractivity contribution >= 4 is 28.8 Å². The quantitative estimate of drug-likeness (QED) is 0.355. The Labute approximate surface area is 108 Å². The van der Waals surface area contributed by atoms with E-state index in [1.165, 1.54) is 0 Å². The Morgan fingerprint density at radius 3 is 2.47 bits per heavy atom. The summed E-state index contributed by atoms with van der Waals surface area (Å²) in [5.74, 6) is 0. The summed E-state index contributed by atoms with van der Waals surface area (Å²) in [6.07, 6.45) is 3.26. The van der Waals surface area contributed by atoms with Crippen molar-refractivity contribution in [2.75, 3.05) is 0 Å². The van der Waals surface area contributed by atoms with Crippen LogP contribution in [0.15, 0.2) is 47.5 Å². The van der Waals surface area contributed by atoms with Gasteiger partial charge in [0.15, 0.2) is 0 Å². The van der Waals surface area contributed by atoms with E-state index in [1.54, 1.807) is 24.3 Å². The van der Waals surface area contributed by atoms with E-state index in [9.17, 15) is 10.1 Å². The first-order valence-electron chi connectivity index (χ1n) is 5.00. The summed E-state index contributed by atoms with van der Waals surface area (Å²) in [4.78, 5) is 8.98. The van der Waals surface area contributed by atoms with E-state index in [-0.39, 0.29) is 6.42 Å². The molecule has 0 aliphatic heterocycles. The Morgan fingerprint density at radius 1 is 1.24 bits per heavy atom. The molecule has 0 saturated heterocycles. The van der Waals surface area contributed by atoms with Crippen LogP contribution < -0.4 is 0 Å². The summed E-state index contributed by atoms with van der Waals surface area (Å²) in [6, 6.07) is 9.05. The van der Waals surface area contributed by atoms with Crippen molar-refractivity contribution in [3.05, 3.63) is 63.2 Å². The van der Waals surface area contributed by atoms with Crippen molar-refractivity contribution in [1.82, 2.24) is 0 Å². The zero-order valence-electron chi connectivity index (χ0n) is 8.77. The molecular weight excluding hydrogens is 261 g/mol. The van der Waals surface area contributed by atoms with Crippen LogP contribution in [0.5, 0.6) is 0 Å². The third-order valence-electron chi connectivity index (χ3n) is 2.62. The highest BCUT2D eigenvalue weighted by atomic mass is 35.5. The SMILES string of the molecule is O=[N+]([O-])C1(Cl)CC(Cl)=CC=C1c1ccccc1. The van der Waals surface area contributed by atoms with E-state index in [0.717, 1.165) is 5.56 Å². The summed E-state index contributed by atoms with van der Waals surface area (Å²) in [7, 11) is 0. The van der Waals surface area contributed by atoms with Gasteiger partial charge in [0.05, 0.1) is 12.0 Å². The van der Waals surface area contributed by atoms with Crippen LogP contribution in [0.4, 0.5) is 0 Å². The normalized spacial score (nSPS) is 23.9. The topological polar surface area (TPSA) is 43.1 Å². The maximum Gasteiger partial charge on any atom is 0.325 e. The predicted molar refractivity (Wildman–Crippen MR) is 68.6 cm³/mol. The van der Waals surface area contributed by atoms with E-state index < -0.39 is 9.92 Å². The number of nitrogens with zero attached hydrogens (tertiary/aromatic N) is 1. The van der Waals surface area contributed by atoms with E-state index in [0.29, 0.717) is 10.6 Å². The molecule has 1 atom stereocenters. The van der Waals surface area contributed by atoms with Crippen LogP contribution >= 0.6 is 23.2 Å². The Kier molecular flexibility index (Phi) is 3.22. The Morgan fingerprint density at radius 2 is 1.88 bits per heavy atom. The third kappa shape index (κ3) is 2.21. The molecule has 0 fully saturated rings. The minimum absolute atomic E-state index is 0.00381. The van der Waals surface area contributed by atoms with Crippen molar-refractivity contribution in [2.45, 2.75) is 11.4 Å². The molecule has 0 aromatic heterocycles. The number of allylic oxidation sites excluding steroid dienone is 2. The second kappa shape index (κ2) is 4.51. The van der Waals surface area contributed by atoms with Gasteiger partial charge < -0.3 is 0 Å². The molecule has 0 saturated carbocycles. The summed E-state index contributed by atoms with van der Waals surface area (Å²) in [6.45, 7) is 0.